The third-order valence-corrected chi connectivity index (χ3v) is 3.78. The van der Waals surface area contributed by atoms with Crippen molar-refractivity contribution in [3.63, 3.8) is 0 Å². The number of nitriles is 1. The summed E-state index contributed by atoms with van der Waals surface area (Å²) >= 11 is 8.64. The van der Waals surface area contributed by atoms with Gasteiger partial charge >= 0.3 is 0 Å². The van der Waals surface area contributed by atoms with Crippen LogP contribution in [0, 0.1) is 16.0 Å². The fourth-order valence-corrected chi connectivity index (χ4v) is 2.74. The molecule has 17 heavy (non-hydrogen) atoms. The first-order chi connectivity index (χ1) is 8.19. The number of hydrogen-bond donors (Lipinski definition) is 1. The Hall–Kier alpha value is -1.44. The van der Waals surface area contributed by atoms with Crippen LogP contribution in [0.4, 0.5) is 0 Å². The van der Waals surface area contributed by atoms with Gasteiger partial charge in [0.25, 0.3) is 0 Å². The summed E-state index contributed by atoms with van der Waals surface area (Å²) in [7, 11) is 0. The predicted octanol–water partition coefficient (Wildman–Crippen LogP) is 3.95. The molecule has 0 bridgehead atoms. The largest absolute Gasteiger partial charge is 0.345 e. The van der Waals surface area contributed by atoms with Crippen LogP contribution in [0.2, 0.25) is 0 Å². The third-order valence-electron chi connectivity index (χ3n) is 2.97. The van der Waals surface area contributed by atoms with Crippen molar-refractivity contribution in [2.24, 2.45) is 0 Å². The molecule has 4 heteroatoms. The lowest BCUT2D eigenvalue weighted by Gasteiger charge is -2.02. The number of nitrogens with one attached hydrogen (secondary N) is 1. The van der Waals surface area contributed by atoms with E-state index in [0.29, 0.717) is 10.2 Å². The standard InChI is InChI=1S/C13H7BrN2S/c14-10-2-1-7-3-8-4-9(6-15)13(17)16-12(8)11(7)5-10/h1-2,4-5H,3H2,(H,16,17). The van der Waals surface area contributed by atoms with E-state index in [2.05, 4.69) is 39.1 Å². The average molecular weight is 303 g/mol. The predicted molar refractivity (Wildman–Crippen MR) is 72.3 cm³/mol. The number of rotatable bonds is 0. The first kappa shape index (κ1) is 10.7. The normalized spacial score (nSPS) is 11.8. The SMILES string of the molecule is N#Cc1cc2c([nH]c1=S)-c1cc(Br)ccc1C2. The number of halogens is 1. The molecule has 1 N–H and O–H groups in total. The van der Waals surface area contributed by atoms with E-state index in [0.717, 1.165) is 22.2 Å². The van der Waals surface area contributed by atoms with Crippen molar-refractivity contribution in [3.8, 4) is 17.3 Å². The van der Waals surface area contributed by atoms with E-state index in [1.54, 1.807) is 0 Å². The number of fused-ring (bicyclic) bond motifs is 3. The van der Waals surface area contributed by atoms with E-state index in [4.69, 9.17) is 17.5 Å². The van der Waals surface area contributed by atoms with Gasteiger partial charge in [0.15, 0.2) is 0 Å². The lowest BCUT2D eigenvalue weighted by atomic mass is 10.1. The number of benzene rings is 1. The molecular weight excluding hydrogens is 296 g/mol. The van der Waals surface area contributed by atoms with Gasteiger partial charge in [0.2, 0.25) is 0 Å². The van der Waals surface area contributed by atoms with Crippen LogP contribution in [0.1, 0.15) is 16.7 Å². The fraction of sp³-hybridized carbons (Fsp3) is 0.0769. The minimum atomic E-state index is 0.513. The number of aromatic nitrogens is 1. The van der Waals surface area contributed by atoms with Gasteiger partial charge in [-0.1, -0.05) is 34.2 Å². The smallest absolute Gasteiger partial charge is 0.121 e. The Labute approximate surface area is 112 Å². The van der Waals surface area contributed by atoms with Gasteiger partial charge in [-0.05, 0) is 29.3 Å². The van der Waals surface area contributed by atoms with E-state index in [1.165, 1.54) is 11.1 Å². The van der Waals surface area contributed by atoms with E-state index in [-0.39, 0.29) is 0 Å². The molecule has 0 aliphatic heterocycles. The van der Waals surface area contributed by atoms with Gasteiger partial charge in [-0.2, -0.15) is 5.26 Å². The minimum Gasteiger partial charge on any atom is -0.345 e. The van der Waals surface area contributed by atoms with E-state index < -0.39 is 0 Å². The van der Waals surface area contributed by atoms with Gasteiger partial charge in [0, 0.05) is 16.5 Å². The molecule has 0 saturated heterocycles. The molecule has 82 valence electrons. The van der Waals surface area contributed by atoms with Crippen LogP contribution in [0.5, 0.6) is 0 Å². The summed E-state index contributed by atoms with van der Waals surface area (Å²) in [5, 5.41) is 8.97. The highest BCUT2D eigenvalue weighted by Gasteiger charge is 2.20. The molecule has 1 aliphatic rings. The molecule has 1 aliphatic carbocycles. The van der Waals surface area contributed by atoms with Crippen LogP contribution >= 0.6 is 28.1 Å². The summed E-state index contributed by atoms with van der Waals surface area (Å²) in [6.45, 7) is 0. The molecule has 1 heterocycles. The second-order valence-electron chi connectivity index (χ2n) is 4.00. The fourth-order valence-electron chi connectivity index (χ4n) is 2.18. The maximum Gasteiger partial charge on any atom is 0.121 e. The van der Waals surface area contributed by atoms with Crippen LogP contribution in [-0.4, -0.2) is 4.98 Å². The summed E-state index contributed by atoms with van der Waals surface area (Å²) in [6.07, 6.45) is 0.860. The van der Waals surface area contributed by atoms with Gasteiger partial charge in [-0.3, -0.25) is 0 Å². The van der Waals surface area contributed by atoms with Gasteiger partial charge in [0.05, 0.1) is 11.3 Å². The maximum absolute atomic E-state index is 8.97. The molecule has 2 nitrogen and oxygen atoms in total. The molecular formula is C13H7BrN2S. The van der Waals surface area contributed by atoms with Gasteiger partial charge in [-0.15, -0.1) is 0 Å². The second-order valence-corrected chi connectivity index (χ2v) is 5.33. The zero-order valence-corrected chi connectivity index (χ0v) is 11.2. The molecule has 1 aromatic heterocycles. The quantitative estimate of drug-likeness (QED) is 0.639. The summed E-state index contributed by atoms with van der Waals surface area (Å²) in [5.41, 5.74) is 5.17. The van der Waals surface area contributed by atoms with Crippen molar-refractivity contribution in [1.29, 1.82) is 5.26 Å². The average Bonchev–Trinajstić information content (AvgIpc) is 2.65. The highest BCUT2D eigenvalue weighted by Crippen LogP contribution is 2.37. The van der Waals surface area contributed by atoms with Crippen LogP contribution in [0.15, 0.2) is 28.7 Å². The van der Waals surface area contributed by atoms with Crippen LogP contribution in [-0.2, 0) is 6.42 Å². The Bertz CT molecular complexity index is 725. The van der Waals surface area contributed by atoms with Crippen molar-refractivity contribution >= 4 is 28.1 Å². The molecule has 2 aromatic rings. The Morgan fingerprint density at radius 3 is 2.88 bits per heavy atom. The van der Waals surface area contributed by atoms with Crippen molar-refractivity contribution in [3.05, 3.63) is 50.1 Å². The van der Waals surface area contributed by atoms with Crippen molar-refractivity contribution in [2.75, 3.05) is 0 Å². The molecule has 0 radical (unpaired) electrons. The van der Waals surface area contributed by atoms with Crippen LogP contribution in [0.3, 0.4) is 0 Å². The first-order valence-corrected chi connectivity index (χ1v) is 6.34. The van der Waals surface area contributed by atoms with Crippen molar-refractivity contribution in [1.82, 2.24) is 4.98 Å². The van der Waals surface area contributed by atoms with Crippen LogP contribution < -0.4 is 0 Å². The van der Waals surface area contributed by atoms with Crippen molar-refractivity contribution < 1.29 is 0 Å². The Morgan fingerprint density at radius 1 is 1.29 bits per heavy atom. The highest BCUT2D eigenvalue weighted by molar-refractivity contribution is 9.10. The molecule has 3 rings (SSSR count). The first-order valence-electron chi connectivity index (χ1n) is 5.14. The Balaban J connectivity index is 2.30. The zero-order valence-electron chi connectivity index (χ0n) is 8.75. The molecule has 1 aromatic carbocycles. The Kier molecular flexibility index (Phi) is 2.39. The second kappa shape index (κ2) is 3.80. The molecule has 0 saturated carbocycles. The number of pyridine rings is 1. The minimum absolute atomic E-state index is 0.513. The van der Waals surface area contributed by atoms with Gasteiger partial charge in [0.1, 0.15) is 10.7 Å². The van der Waals surface area contributed by atoms with E-state index in [9.17, 15) is 0 Å². The summed E-state index contributed by atoms with van der Waals surface area (Å²) in [4.78, 5) is 3.16. The van der Waals surface area contributed by atoms with Gasteiger partial charge in [-0.25, -0.2) is 0 Å². The molecule has 0 unspecified atom stereocenters. The maximum atomic E-state index is 8.97. The molecule has 0 amide bonds. The number of H-pyrrole nitrogens is 1. The molecule has 0 spiro atoms. The summed E-state index contributed by atoms with van der Waals surface area (Å²) < 4.78 is 1.56. The monoisotopic (exact) mass is 302 g/mol. The lowest BCUT2D eigenvalue weighted by molar-refractivity contribution is 1.20. The number of nitrogens with zero attached hydrogens (tertiary/aromatic N) is 1. The number of aromatic amines is 1. The topological polar surface area (TPSA) is 39.6 Å². The zero-order chi connectivity index (χ0) is 12.0. The molecule has 0 atom stereocenters. The van der Waals surface area contributed by atoms with Gasteiger partial charge < -0.3 is 4.98 Å². The lowest BCUT2D eigenvalue weighted by Crippen LogP contribution is -1.89. The van der Waals surface area contributed by atoms with Crippen molar-refractivity contribution in [2.45, 2.75) is 6.42 Å². The Morgan fingerprint density at radius 2 is 2.12 bits per heavy atom. The van der Waals surface area contributed by atoms with E-state index in [1.807, 2.05) is 12.1 Å². The van der Waals surface area contributed by atoms with E-state index >= 15 is 0 Å². The number of hydrogen-bond acceptors (Lipinski definition) is 2. The third kappa shape index (κ3) is 1.63. The molecule has 0 fully saturated rings. The summed E-state index contributed by atoms with van der Waals surface area (Å²) in [5.74, 6) is 0. The highest BCUT2D eigenvalue weighted by atomic mass is 79.9. The van der Waals surface area contributed by atoms with Crippen LogP contribution in [0.25, 0.3) is 11.3 Å². The summed E-state index contributed by atoms with van der Waals surface area (Å²) in [6, 6.07) is 10.2.